The molecule has 0 saturated heterocycles. The van der Waals surface area contributed by atoms with Crippen LogP contribution >= 0.6 is 43.2 Å². The molecule has 0 atom stereocenters. The smallest absolute Gasteiger partial charge is 0.206 e. The normalized spacial score (nSPS) is 11.7. The van der Waals surface area contributed by atoms with Crippen molar-refractivity contribution in [3.63, 3.8) is 0 Å². The first-order valence-corrected chi connectivity index (χ1v) is 9.67. The molecule has 2 rings (SSSR count). The van der Waals surface area contributed by atoms with E-state index >= 15 is 0 Å². The third kappa shape index (κ3) is 3.88. The molecule has 0 unspecified atom stereocenters. The van der Waals surface area contributed by atoms with Crippen molar-refractivity contribution in [2.45, 2.75) is 16.1 Å². The molecule has 0 radical (unpaired) electrons. The molecule has 3 nitrogen and oxygen atoms in total. The predicted octanol–water partition coefficient (Wildman–Crippen LogP) is 3.88. The van der Waals surface area contributed by atoms with Gasteiger partial charge < -0.3 is 0 Å². The Balaban J connectivity index is 2.12. The van der Waals surface area contributed by atoms with Gasteiger partial charge in [0.2, 0.25) is 0 Å². The second-order valence-corrected chi connectivity index (χ2v) is 8.13. The van der Waals surface area contributed by atoms with Crippen LogP contribution in [0, 0.1) is 0 Å². The number of halogens is 2. The summed E-state index contributed by atoms with van der Waals surface area (Å²) >= 11 is 7.81. The minimum atomic E-state index is -3.46. The number of benzene rings is 1. The van der Waals surface area contributed by atoms with Gasteiger partial charge in [-0.25, -0.2) is 13.1 Å². The minimum Gasteiger partial charge on any atom is -0.206 e. The van der Waals surface area contributed by atoms with E-state index in [1.165, 1.54) is 11.3 Å². The molecule has 0 fully saturated rings. The van der Waals surface area contributed by atoms with Crippen LogP contribution in [0.2, 0.25) is 0 Å². The monoisotopic (exact) mass is 423 g/mol. The van der Waals surface area contributed by atoms with E-state index in [-0.39, 0.29) is 6.54 Å². The lowest BCUT2D eigenvalue weighted by molar-refractivity contribution is 0.583. The van der Waals surface area contributed by atoms with Gasteiger partial charge in [0.25, 0.3) is 10.0 Å². The fraction of sp³-hybridized carbons (Fsp3) is 0.167. The highest BCUT2D eigenvalue weighted by molar-refractivity contribution is 9.10. The van der Waals surface area contributed by atoms with Gasteiger partial charge in [-0.1, -0.05) is 40.2 Å². The van der Waals surface area contributed by atoms with Gasteiger partial charge in [-0.15, -0.1) is 11.3 Å². The van der Waals surface area contributed by atoms with Gasteiger partial charge in [-0.2, -0.15) is 0 Å². The summed E-state index contributed by atoms with van der Waals surface area (Å²) in [5.74, 6) is 0. The van der Waals surface area contributed by atoms with Crippen molar-refractivity contribution in [3.8, 4) is 0 Å². The number of nitrogens with one attached hydrogen (secondary N) is 1. The van der Waals surface area contributed by atoms with Gasteiger partial charge in [-0.05, 0) is 38.5 Å². The summed E-state index contributed by atoms with van der Waals surface area (Å²) in [7, 11) is -3.46. The summed E-state index contributed by atoms with van der Waals surface area (Å²) in [5.41, 5.74) is 2.06. The standard InChI is InChI=1S/C12H11Br2NO2S2/c13-7-9-2-1-3-10(6-9)8-15-19(16,17)12-11(14)4-5-18-12/h1-6,15H,7-8H2. The maximum Gasteiger partial charge on any atom is 0.251 e. The first-order valence-electron chi connectivity index (χ1n) is 5.39. The number of rotatable bonds is 5. The lowest BCUT2D eigenvalue weighted by Crippen LogP contribution is -2.22. The fourth-order valence-electron chi connectivity index (χ4n) is 1.54. The largest absolute Gasteiger partial charge is 0.251 e. The maximum absolute atomic E-state index is 12.1. The zero-order chi connectivity index (χ0) is 13.9. The van der Waals surface area contributed by atoms with Gasteiger partial charge in [0.05, 0.1) is 0 Å². The Morgan fingerprint density at radius 2 is 1.95 bits per heavy atom. The lowest BCUT2D eigenvalue weighted by atomic mass is 10.1. The highest BCUT2D eigenvalue weighted by Gasteiger charge is 2.18. The van der Waals surface area contributed by atoms with E-state index < -0.39 is 10.0 Å². The van der Waals surface area contributed by atoms with Crippen molar-refractivity contribution < 1.29 is 8.42 Å². The molecule has 7 heteroatoms. The summed E-state index contributed by atoms with van der Waals surface area (Å²) in [4.78, 5) is 0. The van der Waals surface area contributed by atoms with Crippen molar-refractivity contribution in [3.05, 3.63) is 51.3 Å². The Kier molecular flexibility index (Phi) is 5.19. The van der Waals surface area contributed by atoms with Crippen LogP contribution < -0.4 is 4.72 Å². The van der Waals surface area contributed by atoms with Gasteiger partial charge in [0, 0.05) is 16.3 Å². The number of hydrogen-bond donors (Lipinski definition) is 1. The van der Waals surface area contributed by atoms with E-state index in [0.717, 1.165) is 16.5 Å². The second-order valence-electron chi connectivity index (χ2n) is 3.83. The SMILES string of the molecule is O=S(=O)(NCc1cccc(CBr)c1)c1sccc1Br. The quantitative estimate of drug-likeness (QED) is 0.740. The molecule has 1 aromatic carbocycles. The van der Waals surface area contributed by atoms with E-state index in [2.05, 4.69) is 36.6 Å². The molecule has 102 valence electrons. The molecule has 19 heavy (non-hydrogen) atoms. The number of alkyl halides is 1. The van der Waals surface area contributed by atoms with E-state index in [9.17, 15) is 8.42 Å². The summed E-state index contributed by atoms with van der Waals surface area (Å²) in [6.07, 6.45) is 0. The topological polar surface area (TPSA) is 46.2 Å². The first-order chi connectivity index (χ1) is 9.03. The molecule has 0 aliphatic carbocycles. The van der Waals surface area contributed by atoms with Crippen LogP contribution in [0.3, 0.4) is 0 Å². The van der Waals surface area contributed by atoms with Crippen LogP contribution in [0.4, 0.5) is 0 Å². The average molecular weight is 425 g/mol. The molecule has 0 aliphatic heterocycles. The molecular weight excluding hydrogens is 414 g/mol. The van der Waals surface area contributed by atoms with Gasteiger partial charge in [0.1, 0.15) is 4.21 Å². The molecule has 0 bridgehead atoms. The maximum atomic E-state index is 12.1. The van der Waals surface area contributed by atoms with E-state index in [1.54, 1.807) is 11.4 Å². The van der Waals surface area contributed by atoms with Gasteiger partial charge in [0.15, 0.2) is 0 Å². The lowest BCUT2D eigenvalue weighted by Gasteiger charge is -2.06. The van der Waals surface area contributed by atoms with Crippen LogP contribution in [-0.4, -0.2) is 8.42 Å². The molecular formula is C12H11Br2NO2S2. The Labute approximate surface area is 133 Å². The molecule has 1 N–H and O–H groups in total. The third-order valence-electron chi connectivity index (χ3n) is 2.44. The van der Waals surface area contributed by atoms with Crippen LogP contribution in [0.1, 0.15) is 11.1 Å². The Morgan fingerprint density at radius 1 is 1.21 bits per heavy atom. The van der Waals surface area contributed by atoms with Crippen molar-refractivity contribution in [2.75, 3.05) is 0 Å². The summed E-state index contributed by atoms with van der Waals surface area (Å²) in [6.45, 7) is 0.285. The molecule has 0 spiro atoms. The Bertz CT molecular complexity index is 668. The second kappa shape index (κ2) is 6.49. The zero-order valence-corrected chi connectivity index (χ0v) is 14.6. The number of thiophene rings is 1. The van der Waals surface area contributed by atoms with Gasteiger partial charge in [-0.3, -0.25) is 0 Å². The van der Waals surface area contributed by atoms with Crippen molar-refractivity contribution >= 4 is 53.2 Å². The first kappa shape index (κ1) is 15.2. The number of hydrogen-bond acceptors (Lipinski definition) is 3. The van der Waals surface area contributed by atoms with E-state index in [4.69, 9.17) is 0 Å². The average Bonchev–Trinajstić information content (AvgIpc) is 2.84. The minimum absolute atomic E-state index is 0.285. The van der Waals surface area contributed by atoms with Crippen molar-refractivity contribution in [2.24, 2.45) is 0 Å². The summed E-state index contributed by atoms with van der Waals surface area (Å²) in [5, 5.41) is 2.49. The third-order valence-corrected chi connectivity index (χ3v) is 7.16. The highest BCUT2D eigenvalue weighted by atomic mass is 79.9. The van der Waals surface area contributed by atoms with E-state index in [1.807, 2.05) is 24.3 Å². The molecule has 0 aliphatic rings. The van der Waals surface area contributed by atoms with Crippen molar-refractivity contribution in [1.29, 1.82) is 0 Å². The predicted molar refractivity (Wildman–Crippen MR) is 85.1 cm³/mol. The summed E-state index contributed by atoms with van der Waals surface area (Å²) in [6, 6.07) is 9.51. The van der Waals surface area contributed by atoms with E-state index in [0.29, 0.717) is 8.68 Å². The fourth-order valence-corrected chi connectivity index (χ4v) is 5.28. The molecule has 2 aromatic rings. The summed E-state index contributed by atoms with van der Waals surface area (Å²) < 4.78 is 27.7. The molecule has 1 heterocycles. The molecule has 1 aromatic heterocycles. The Morgan fingerprint density at radius 3 is 2.58 bits per heavy atom. The van der Waals surface area contributed by atoms with Crippen molar-refractivity contribution in [1.82, 2.24) is 4.72 Å². The molecule has 0 saturated carbocycles. The molecule has 0 amide bonds. The van der Waals surface area contributed by atoms with Crippen LogP contribution in [0.5, 0.6) is 0 Å². The van der Waals surface area contributed by atoms with Crippen LogP contribution in [-0.2, 0) is 21.9 Å². The van der Waals surface area contributed by atoms with Crippen LogP contribution in [0.25, 0.3) is 0 Å². The zero-order valence-electron chi connectivity index (χ0n) is 9.77. The van der Waals surface area contributed by atoms with Gasteiger partial charge >= 0.3 is 0 Å². The number of sulfonamides is 1. The van der Waals surface area contributed by atoms with Crippen LogP contribution in [0.15, 0.2) is 44.4 Å². The Hall–Kier alpha value is -0.210. The highest BCUT2D eigenvalue weighted by Crippen LogP contribution is 2.27.